The summed E-state index contributed by atoms with van der Waals surface area (Å²) >= 11 is 0. The van der Waals surface area contributed by atoms with Crippen molar-refractivity contribution in [3.63, 3.8) is 0 Å². The maximum absolute atomic E-state index is 12.9. The van der Waals surface area contributed by atoms with E-state index in [0.29, 0.717) is 19.0 Å². The normalized spacial score (nSPS) is 20.5. The van der Waals surface area contributed by atoms with Crippen molar-refractivity contribution in [1.29, 1.82) is 0 Å². The fourth-order valence-electron chi connectivity index (χ4n) is 3.82. The number of likely N-dealkylation sites (tertiary alicyclic amines) is 1. The second kappa shape index (κ2) is 10.9. The van der Waals surface area contributed by atoms with Crippen molar-refractivity contribution in [3.05, 3.63) is 18.2 Å². The Kier molecular flexibility index (Phi) is 8.90. The van der Waals surface area contributed by atoms with E-state index in [4.69, 9.17) is 0 Å². The molecule has 2 fully saturated rings. The first-order chi connectivity index (χ1) is 13.1. The van der Waals surface area contributed by atoms with Gasteiger partial charge in [0.25, 0.3) is 0 Å². The van der Waals surface area contributed by atoms with E-state index in [1.807, 2.05) is 11.8 Å². The van der Waals surface area contributed by atoms with Crippen LogP contribution in [0.25, 0.3) is 0 Å². The fraction of sp³-hybridized carbons (Fsp3) is 0.722. The molecule has 0 aromatic carbocycles. The number of carbonyl (C=O) groups excluding carboxylic acids is 1. The van der Waals surface area contributed by atoms with Gasteiger partial charge in [-0.1, -0.05) is 12.8 Å². The van der Waals surface area contributed by atoms with Crippen molar-refractivity contribution < 1.29 is 13.6 Å². The number of halogens is 3. The molecule has 1 aromatic rings. The summed E-state index contributed by atoms with van der Waals surface area (Å²) in [5, 5.41) is 6.45. The summed E-state index contributed by atoms with van der Waals surface area (Å²) in [6.07, 6.45) is 7.77. The lowest BCUT2D eigenvalue weighted by atomic mass is 10.1. The van der Waals surface area contributed by atoms with Crippen molar-refractivity contribution in [3.8, 4) is 0 Å². The predicted octanol–water partition coefficient (Wildman–Crippen LogP) is 2.74. The molecular formula is C18H29F2IN6O. The molecule has 1 aliphatic carbocycles. The average Bonchev–Trinajstić information content (AvgIpc) is 3.40. The smallest absolute Gasteiger partial charge is 0.319 e. The molecule has 7 nitrogen and oxygen atoms in total. The number of nitrogens with zero attached hydrogens (tertiary/aromatic N) is 4. The first-order valence-electron chi connectivity index (χ1n) is 9.72. The Morgan fingerprint density at radius 1 is 1.36 bits per heavy atom. The molecule has 28 heavy (non-hydrogen) atoms. The zero-order chi connectivity index (χ0) is 19.2. The fourth-order valence-corrected chi connectivity index (χ4v) is 3.82. The summed E-state index contributed by atoms with van der Waals surface area (Å²) in [6.45, 7) is 1.45. The molecule has 1 saturated heterocycles. The molecule has 1 aliphatic heterocycles. The zero-order valence-corrected chi connectivity index (χ0v) is 18.4. The van der Waals surface area contributed by atoms with Crippen LogP contribution in [0.3, 0.4) is 0 Å². The van der Waals surface area contributed by atoms with Crippen molar-refractivity contribution in [2.45, 2.75) is 58.2 Å². The number of aliphatic imine (C=N–C) groups is 1. The number of aromatic nitrogens is 2. The summed E-state index contributed by atoms with van der Waals surface area (Å²) in [5.74, 6) is 1.24. The molecule has 2 N–H and O–H groups in total. The molecule has 1 aromatic heterocycles. The number of hydrogen-bond donors (Lipinski definition) is 2. The predicted molar refractivity (Wildman–Crippen MR) is 114 cm³/mol. The molecule has 3 rings (SSSR count). The highest BCUT2D eigenvalue weighted by Crippen LogP contribution is 2.27. The molecule has 2 aliphatic rings. The van der Waals surface area contributed by atoms with Crippen LogP contribution < -0.4 is 10.6 Å². The highest BCUT2D eigenvalue weighted by molar-refractivity contribution is 14.0. The number of rotatable bonds is 6. The summed E-state index contributed by atoms with van der Waals surface area (Å²) in [5.41, 5.74) is 0. The van der Waals surface area contributed by atoms with Crippen LogP contribution in [-0.4, -0.2) is 52.0 Å². The van der Waals surface area contributed by atoms with Gasteiger partial charge in [0.15, 0.2) is 5.96 Å². The van der Waals surface area contributed by atoms with Gasteiger partial charge >= 0.3 is 6.55 Å². The SMILES string of the molecule is CCNC(=NCc1nccn1C(F)F)NC1CCN(C(=O)C2CCCC2)C1.I. The Labute approximate surface area is 181 Å². The van der Waals surface area contributed by atoms with Crippen LogP contribution in [0.1, 0.15) is 51.4 Å². The minimum Gasteiger partial charge on any atom is -0.357 e. The summed E-state index contributed by atoms with van der Waals surface area (Å²) in [6, 6.07) is 0.114. The summed E-state index contributed by atoms with van der Waals surface area (Å²) in [4.78, 5) is 22.8. The topological polar surface area (TPSA) is 74.6 Å². The number of imidazole rings is 1. The van der Waals surface area contributed by atoms with E-state index in [0.717, 1.165) is 43.2 Å². The van der Waals surface area contributed by atoms with Crippen LogP contribution in [0.2, 0.25) is 0 Å². The number of carbonyl (C=O) groups is 1. The third-order valence-corrected chi connectivity index (χ3v) is 5.23. The molecule has 0 spiro atoms. The van der Waals surface area contributed by atoms with E-state index in [-0.39, 0.29) is 54.2 Å². The second-order valence-corrected chi connectivity index (χ2v) is 7.12. The first kappa shape index (κ1) is 22.8. The first-order valence-corrected chi connectivity index (χ1v) is 9.72. The lowest BCUT2D eigenvalue weighted by molar-refractivity contribution is -0.134. The Hall–Kier alpha value is -1.46. The third kappa shape index (κ3) is 5.77. The van der Waals surface area contributed by atoms with Gasteiger partial charge in [0, 0.05) is 44.0 Å². The quantitative estimate of drug-likeness (QED) is 0.351. The molecule has 0 bridgehead atoms. The van der Waals surface area contributed by atoms with Gasteiger partial charge in [-0.15, -0.1) is 24.0 Å². The Balaban J connectivity index is 0.00000280. The number of amides is 1. The van der Waals surface area contributed by atoms with Crippen LogP contribution in [-0.2, 0) is 11.3 Å². The Morgan fingerprint density at radius 3 is 2.79 bits per heavy atom. The van der Waals surface area contributed by atoms with Crippen molar-refractivity contribution >= 4 is 35.8 Å². The van der Waals surface area contributed by atoms with Crippen molar-refractivity contribution in [2.24, 2.45) is 10.9 Å². The third-order valence-electron chi connectivity index (χ3n) is 5.23. The lowest BCUT2D eigenvalue weighted by Gasteiger charge is -2.21. The van der Waals surface area contributed by atoms with Crippen molar-refractivity contribution in [2.75, 3.05) is 19.6 Å². The minimum absolute atomic E-state index is 0. The van der Waals surface area contributed by atoms with Crippen molar-refractivity contribution in [1.82, 2.24) is 25.1 Å². The van der Waals surface area contributed by atoms with Gasteiger partial charge in [-0.2, -0.15) is 8.78 Å². The van der Waals surface area contributed by atoms with E-state index in [9.17, 15) is 13.6 Å². The standard InChI is InChI=1S/C18H28F2N6O.HI/c1-2-21-18(23-11-15-22-8-10-26(15)17(19)20)24-14-7-9-25(12-14)16(27)13-5-3-4-6-13;/h8,10,13-14,17H,2-7,9,11-12H2,1H3,(H2,21,23,24);1H. The Bertz CT molecular complexity index is 662. The molecule has 1 saturated carbocycles. The molecule has 158 valence electrons. The number of guanidine groups is 1. The molecule has 10 heteroatoms. The molecule has 0 radical (unpaired) electrons. The second-order valence-electron chi connectivity index (χ2n) is 7.12. The van der Waals surface area contributed by atoms with Gasteiger partial charge < -0.3 is 15.5 Å². The number of alkyl halides is 2. The zero-order valence-electron chi connectivity index (χ0n) is 16.1. The van der Waals surface area contributed by atoms with Crippen LogP contribution in [0, 0.1) is 5.92 Å². The highest BCUT2D eigenvalue weighted by atomic mass is 127. The number of hydrogen-bond acceptors (Lipinski definition) is 3. The van der Waals surface area contributed by atoms with E-state index in [1.54, 1.807) is 0 Å². The van der Waals surface area contributed by atoms with Gasteiger partial charge in [-0.25, -0.2) is 9.98 Å². The number of nitrogens with one attached hydrogen (secondary N) is 2. The van der Waals surface area contributed by atoms with Gasteiger partial charge in [0.05, 0.1) is 0 Å². The average molecular weight is 510 g/mol. The van der Waals surface area contributed by atoms with E-state index in [1.165, 1.54) is 12.4 Å². The maximum atomic E-state index is 12.9. The van der Waals surface area contributed by atoms with Crippen LogP contribution >= 0.6 is 24.0 Å². The Morgan fingerprint density at radius 2 is 2.11 bits per heavy atom. The van der Waals surface area contributed by atoms with E-state index >= 15 is 0 Å². The highest BCUT2D eigenvalue weighted by Gasteiger charge is 2.32. The minimum atomic E-state index is -2.63. The summed E-state index contributed by atoms with van der Waals surface area (Å²) < 4.78 is 26.6. The van der Waals surface area contributed by atoms with E-state index in [2.05, 4.69) is 20.6 Å². The van der Waals surface area contributed by atoms with E-state index < -0.39 is 6.55 Å². The molecule has 1 unspecified atom stereocenters. The largest absolute Gasteiger partial charge is 0.357 e. The molecule has 1 atom stereocenters. The molecule has 1 amide bonds. The molecule has 2 heterocycles. The van der Waals surface area contributed by atoms with Crippen LogP contribution in [0.5, 0.6) is 0 Å². The van der Waals surface area contributed by atoms with Gasteiger partial charge in [0.1, 0.15) is 12.4 Å². The van der Waals surface area contributed by atoms with Gasteiger partial charge in [-0.05, 0) is 26.2 Å². The molecular weight excluding hydrogens is 481 g/mol. The van der Waals surface area contributed by atoms with Crippen LogP contribution in [0.15, 0.2) is 17.4 Å². The van der Waals surface area contributed by atoms with Gasteiger partial charge in [0.2, 0.25) is 5.91 Å². The monoisotopic (exact) mass is 510 g/mol. The maximum Gasteiger partial charge on any atom is 0.319 e. The van der Waals surface area contributed by atoms with Crippen LogP contribution in [0.4, 0.5) is 8.78 Å². The van der Waals surface area contributed by atoms with Gasteiger partial charge in [-0.3, -0.25) is 9.36 Å². The lowest BCUT2D eigenvalue weighted by Crippen LogP contribution is -2.45. The summed E-state index contributed by atoms with van der Waals surface area (Å²) in [7, 11) is 0.